The number of unbranched alkanes of at least 4 members (excludes halogenated alkanes) is 26. The van der Waals surface area contributed by atoms with Gasteiger partial charge in [-0.25, -0.2) is 0 Å². The van der Waals surface area contributed by atoms with Gasteiger partial charge in [0.25, 0.3) is 0 Å². The number of carbonyl (C=O) groups excluding carboxylic acids is 3. The van der Waals surface area contributed by atoms with Crippen LogP contribution >= 0.6 is 0 Å². The molecule has 0 rings (SSSR count). The first kappa shape index (κ1) is 51.6. The van der Waals surface area contributed by atoms with Crippen LogP contribution in [0.5, 0.6) is 0 Å². The van der Waals surface area contributed by atoms with Crippen molar-refractivity contribution in [3.05, 3.63) is 36.5 Å². The molecule has 0 aliphatic rings. The number of hydrogen-bond acceptors (Lipinski definition) is 6. The van der Waals surface area contributed by atoms with Crippen LogP contribution in [0.25, 0.3) is 0 Å². The molecule has 0 saturated heterocycles. The lowest BCUT2D eigenvalue weighted by atomic mass is 10.1. The van der Waals surface area contributed by atoms with Crippen LogP contribution in [-0.4, -0.2) is 37.2 Å². The number of allylic oxidation sites excluding steroid dienone is 6. The van der Waals surface area contributed by atoms with Crippen molar-refractivity contribution in [2.75, 3.05) is 13.2 Å². The maximum atomic E-state index is 12.7. The second kappa shape index (κ2) is 43.4. The minimum absolute atomic E-state index is 0.0728. The van der Waals surface area contributed by atoms with E-state index in [9.17, 15) is 14.4 Å². The van der Waals surface area contributed by atoms with Gasteiger partial charge in [0, 0.05) is 19.3 Å². The fourth-order valence-electron chi connectivity index (χ4n) is 6.50. The summed E-state index contributed by atoms with van der Waals surface area (Å²) >= 11 is 0. The summed E-state index contributed by atoms with van der Waals surface area (Å²) in [5.74, 6) is -0.883. The smallest absolute Gasteiger partial charge is 0.306 e. The SMILES string of the molecule is CC\C=C/C=C\C=C/CCCCCCCCCC(=O)OCC(COC(=O)CCCCCCCCCCCC)OC(=O)CCCCCCCCCCCCC. The van der Waals surface area contributed by atoms with E-state index in [-0.39, 0.29) is 31.1 Å². The highest BCUT2D eigenvalue weighted by Gasteiger charge is 2.19. The number of hydrogen-bond donors (Lipinski definition) is 0. The molecule has 0 bridgehead atoms. The predicted octanol–water partition coefficient (Wildman–Crippen LogP) is 14.6. The fraction of sp³-hybridized carbons (Fsp3) is 0.812. The van der Waals surface area contributed by atoms with E-state index in [1.807, 2.05) is 0 Å². The molecule has 0 radical (unpaired) electrons. The van der Waals surface area contributed by atoms with Gasteiger partial charge in [0.1, 0.15) is 13.2 Å². The van der Waals surface area contributed by atoms with Crippen molar-refractivity contribution in [2.45, 2.75) is 239 Å². The molecule has 0 aromatic rings. The van der Waals surface area contributed by atoms with Crippen LogP contribution in [0, 0.1) is 0 Å². The van der Waals surface area contributed by atoms with Gasteiger partial charge in [-0.3, -0.25) is 14.4 Å². The van der Waals surface area contributed by atoms with Crippen molar-refractivity contribution in [2.24, 2.45) is 0 Å². The summed E-state index contributed by atoms with van der Waals surface area (Å²) < 4.78 is 16.7. The third-order valence-corrected chi connectivity index (χ3v) is 9.97. The van der Waals surface area contributed by atoms with E-state index < -0.39 is 6.10 Å². The summed E-state index contributed by atoms with van der Waals surface area (Å²) in [6.07, 6.45) is 48.4. The minimum Gasteiger partial charge on any atom is -0.462 e. The summed E-state index contributed by atoms with van der Waals surface area (Å²) in [4.78, 5) is 37.7. The van der Waals surface area contributed by atoms with E-state index in [1.54, 1.807) is 0 Å². The van der Waals surface area contributed by atoms with Gasteiger partial charge in [0.05, 0.1) is 0 Å². The Morgan fingerprint density at radius 1 is 0.389 bits per heavy atom. The van der Waals surface area contributed by atoms with E-state index >= 15 is 0 Å². The van der Waals surface area contributed by atoms with Gasteiger partial charge in [-0.15, -0.1) is 0 Å². The lowest BCUT2D eigenvalue weighted by Crippen LogP contribution is -2.30. The maximum absolute atomic E-state index is 12.7. The van der Waals surface area contributed by atoms with Crippen molar-refractivity contribution >= 4 is 17.9 Å². The molecule has 0 aromatic heterocycles. The molecule has 0 heterocycles. The average molecular weight is 759 g/mol. The second-order valence-corrected chi connectivity index (χ2v) is 15.4. The van der Waals surface area contributed by atoms with Crippen LogP contribution < -0.4 is 0 Å². The van der Waals surface area contributed by atoms with E-state index in [0.717, 1.165) is 70.6 Å². The summed E-state index contributed by atoms with van der Waals surface area (Å²) in [6.45, 7) is 6.48. The van der Waals surface area contributed by atoms with Gasteiger partial charge in [-0.05, 0) is 38.5 Å². The van der Waals surface area contributed by atoms with Crippen molar-refractivity contribution < 1.29 is 28.6 Å². The Hall–Kier alpha value is -2.37. The molecule has 1 atom stereocenters. The Morgan fingerprint density at radius 2 is 0.722 bits per heavy atom. The van der Waals surface area contributed by atoms with E-state index in [0.29, 0.717) is 19.3 Å². The summed E-state index contributed by atoms with van der Waals surface area (Å²) in [6, 6.07) is 0. The molecule has 6 heteroatoms. The fourth-order valence-corrected chi connectivity index (χ4v) is 6.50. The number of esters is 3. The molecular weight excluding hydrogens is 673 g/mol. The molecular formula is C48H86O6. The summed E-state index contributed by atoms with van der Waals surface area (Å²) in [5.41, 5.74) is 0. The van der Waals surface area contributed by atoms with Gasteiger partial charge >= 0.3 is 17.9 Å². The van der Waals surface area contributed by atoms with Crippen LogP contribution in [0.2, 0.25) is 0 Å². The average Bonchev–Trinajstić information content (AvgIpc) is 3.17. The monoisotopic (exact) mass is 759 g/mol. The molecule has 0 aliphatic heterocycles. The highest BCUT2D eigenvalue weighted by atomic mass is 16.6. The Labute approximate surface area is 334 Å². The third-order valence-electron chi connectivity index (χ3n) is 9.97. The van der Waals surface area contributed by atoms with Crippen molar-refractivity contribution in [1.29, 1.82) is 0 Å². The zero-order chi connectivity index (χ0) is 39.4. The first-order valence-electron chi connectivity index (χ1n) is 23.0. The van der Waals surface area contributed by atoms with Crippen LogP contribution in [0.3, 0.4) is 0 Å². The van der Waals surface area contributed by atoms with Gasteiger partial charge in [0.2, 0.25) is 0 Å². The Morgan fingerprint density at radius 3 is 1.11 bits per heavy atom. The number of carbonyl (C=O) groups is 3. The number of rotatable bonds is 41. The van der Waals surface area contributed by atoms with Crippen LogP contribution in [0.1, 0.15) is 233 Å². The topological polar surface area (TPSA) is 78.9 Å². The zero-order valence-corrected chi connectivity index (χ0v) is 35.7. The Balaban J connectivity index is 4.35. The lowest BCUT2D eigenvalue weighted by Gasteiger charge is -2.18. The van der Waals surface area contributed by atoms with Crippen molar-refractivity contribution in [3.63, 3.8) is 0 Å². The van der Waals surface area contributed by atoms with Gasteiger partial charge < -0.3 is 14.2 Å². The van der Waals surface area contributed by atoms with Gasteiger partial charge in [0.15, 0.2) is 6.10 Å². The molecule has 0 fully saturated rings. The highest BCUT2D eigenvalue weighted by Crippen LogP contribution is 2.15. The Bertz CT molecular complexity index is 922. The van der Waals surface area contributed by atoms with E-state index in [2.05, 4.69) is 57.2 Å². The van der Waals surface area contributed by atoms with Gasteiger partial charge in [-0.1, -0.05) is 211 Å². The van der Waals surface area contributed by atoms with Crippen LogP contribution in [0.4, 0.5) is 0 Å². The third kappa shape index (κ3) is 40.8. The largest absolute Gasteiger partial charge is 0.462 e. The maximum Gasteiger partial charge on any atom is 0.306 e. The standard InChI is InChI=1S/C48H86O6/c1-4-7-10-13-16-19-22-23-24-25-27-29-32-35-38-41-47(50)53-44-45(43-52-46(49)40-37-34-31-28-21-18-15-12-9-6-3)54-48(51)42-39-36-33-30-26-20-17-14-11-8-5-2/h7,10,13,16,19,22,45H,4-6,8-9,11-12,14-15,17-18,20-21,23-44H2,1-3H3/b10-7-,16-13-,22-19-. The normalized spacial score (nSPS) is 12.3. The molecule has 6 nitrogen and oxygen atoms in total. The quantitative estimate of drug-likeness (QED) is 0.0267. The Kier molecular flexibility index (Phi) is 41.5. The molecule has 0 N–H and O–H groups in total. The number of ether oxygens (including phenoxy) is 3. The molecule has 0 amide bonds. The summed E-state index contributed by atoms with van der Waals surface area (Å²) in [7, 11) is 0. The van der Waals surface area contributed by atoms with Crippen molar-refractivity contribution in [3.8, 4) is 0 Å². The second-order valence-electron chi connectivity index (χ2n) is 15.4. The molecule has 0 aliphatic carbocycles. The van der Waals surface area contributed by atoms with Gasteiger partial charge in [-0.2, -0.15) is 0 Å². The summed E-state index contributed by atoms with van der Waals surface area (Å²) in [5, 5.41) is 0. The first-order chi connectivity index (χ1) is 26.5. The molecule has 314 valence electrons. The molecule has 0 spiro atoms. The van der Waals surface area contributed by atoms with Crippen LogP contribution in [0.15, 0.2) is 36.5 Å². The van der Waals surface area contributed by atoms with E-state index in [1.165, 1.54) is 122 Å². The molecule has 0 aromatic carbocycles. The minimum atomic E-state index is -0.769. The predicted molar refractivity (Wildman–Crippen MR) is 229 cm³/mol. The molecule has 54 heavy (non-hydrogen) atoms. The van der Waals surface area contributed by atoms with Crippen LogP contribution in [-0.2, 0) is 28.6 Å². The van der Waals surface area contributed by atoms with E-state index in [4.69, 9.17) is 14.2 Å². The first-order valence-corrected chi connectivity index (χ1v) is 23.0. The van der Waals surface area contributed by atoms with Crippen molar-refractivity contribution in [1.82, 2.24) is 0 Å². The zero-order valence-electron chi connectivity index (χ0n) is 35.7. The molecule has 1 unspecified atom stereocenters. The highest BCUT2D eigenvalue weighted by molar-refractivity contribution is 5.71. The molecule has 0 saturated carbocycles. The lowest BCUT2D eigenvalue weighted by molar-refractivity contribution is -0.167.